The maximum absolute atomic E-state index is 14.5. The van der Waals surface area contributed by atoms with E-state index in [1.807, 2.05) is 0 Å². The highest BCUT2D eigenvalue weighted by molar-refractivity contribution is 6.01. The summed E-state index contributed by atoms with van der Waals surface area (Å²) in [6, 6.07) is 3.76. The van der Waals surface area contributed by atoms with Gasteiger partial charge in [-0.2, -0.15) is 13.2 Å². The van der Waals surface area contributed by atoms with Crippen molar-refractivity contribution in [1.29, 1.82) is 0 Å². The fourth-order valence-corrected chi connectivity index (χ4v) is 2.96. The van der Waals surface area contributed by atoms with Crippen molar-refractivity contribution in [3.63, 3.8) is 0 Å². The number of guanidine groups is 1. The van der Waals surface area contributed by atoms with Crippen LogP contribution < -0.4 is 5.73 Å². The van der Waals surface area contributed by atoms with Crippen LogP contribution in [0.5, 0.6) is 0 Å². The van der Waals surface area contributed by atoms with Crippen LogP contribution in [-0.4, -0.2) is 30.0 Å². The zero-order valence-electron chi connectivity index (χ0n) is 14.5. The zero-order chi connectivity index (χ0) is 19.2. The molecule has 1 heterocycles. The van der Waals surface area contributed by atoms with Gasteiger partial charge < -0.3 is 5.73 Å². The first-order chi connectivity index (χ1) is 11.3. The Morgan fingerprint density at radius 1 is 1.24 bits per heavy atom. The molecule has 1 atom stereocenters. The van der Waals surface area contributed by atoms with Crippen molar-refractivity contribution in [2.24, 2.45) is 16.1 Å². The smallest absolute Gasteiger partial charge is 0.369 e. The Labute approximate surface area is 143 Å². The van der Waals surface area contributed by atoms with Crippen LogP contribution >= 0.6 is 0 Å². The molecule has 0 fully saturated rings. The van der Waals surface area contributed by atoms with Gasteiger partial charge in [0.25, 0.3) is 0 Å². The van der Waals surface area contributed by atoms with Crippen LogP contribution in [0.4, 0.5) is 17.6 Å². The third-order valence-corrected chi connectivity index (χ3v) is 4.99. The van der Waals surface area contributed by atoms with Crippen LogP contribution in [0.1, 0.15) is 38.3 Å². The van der Waals surface area contributed by atoms with Crippen molar-refractivity contribution in [3.8, 4) is 0 Å². The second kappa shape index (κ2) is 6.00. The molecule has 25 heavy (non-hydrogen) atoms. The lowest BCUT2D eigenvalue weighted by atomic mass is 9.67. The molecule has 4 nitrogen and oxygen atoms in total. The summed E-state index contributed by atoms with van der Waals surface area (Å²) in [4.78, 5) is 18.1. The molecule has 0 radical (unpaired) electrons. The summed E-state index contributed by atoms with van der Waals surface area (Å²) >= 11 is 0. The highest BCUT2D eigenvalue weighted by Gasteiger charge is 2.53. The van der Waals surface area contributed by atoms with Gasteiger partial charge in [-0.15, -0.1) is 0 Å². The molecule has 0 bridgehead atoms. The number of rotatable bonds is 3. The van der Waals surface area contributed by atoms with Gasteiger partial charge in [-0.25, -0.2) is 9.38 Å². The number of carbonyl (C=O) groups excluding carboxylic acids is 1. The lowest BCUT2D eigenvalue weighted by Gasteiger charge is -2.46. The summed E-state index contributed by atoms with van der Waals surface area (Å²) in [5.74, 6) is -1.05. The average Bonchev–Trinajstić information content (AvgIpc) is 2.50. The molecule has 1 aliphatic heterocycles. The minimum atomic E-state index is -4.30. The van der Waals surface area contributed by atoms with Crippen molar-refractivity contribution in [3.05, 3.63) is 35.1 Å². The van der Waals surface area contributed by atoms with Gasteiger partial charge in [0.1, 0.15) is 11.4 Å². The van der Waals surface area contributed by atoms with E-state index in [9.17, 15) is 22.4 Å². The van der Waals surface area contributed by atoms with E-state index in [2.05, 4.69) is 4.99 Å². The first-order valence-corrected chi connectivity index (χ1v) is 7.79. The standard InChI is InChI=1S/C17H21F4N3O/c1-15(2)13(25)24(4)14(22)23-16(15,3)11-9-10(5-6-12(11)18)7-8-17(19,20)21/h5-6,9H,7-8H2,1-4H3,(H2,22,23)/t16-/m1/s1. The Morgan fingerprint density at radius 2 is 1.84 bits per heavy atom. The maximum atomic E-state index is 14.5. The van der Waals surface area contributed by atoms with E-state index in [1.54, 1.807) is 20.8 Å². The molecule has 8 heteroatoms. The first-order valence-electron chi connectivity index (χ1n) is 7.79. The minimum absolute atomic E-state index is 0.0570. The van der Waals surface area contributed by atoms with E-state index in [4.69, 9.17) is 5.73 Å². The molecule has 0 saturated carbocycles. The number of nitrogens with two attached hydrogens (primary N) is 1. The van der Waals surface area contributed by atoms with Crippen LogP contribution in [0.2, 0.25) is 0 Å². The second-order valence-electron chi connectivity index (χ2n) is 6.96. The lowest BCUT2D eigenvalue weighted by molar-refractivity contribution is -0.140. The molecule has 0 spiro atoms. The van der Waals surface area contributed by atoms with Gasteiger partial charge in [-0.3, -0.25) is 9.69 Å². The summed E-state index contributed by atoms with van der Waals surface area (Å²) < 4.78 is 51.9. The summed E-state index contributed by atoms with van der Waals surface area (Å²) in [5, 5.41) is 0. The second-order valence-corrected chi connectivity index (χ2v) is 6.96. The van der Waals surface area contributed by atoms with Gasteiger partial charge in [-0.05, 0) is 38.8 Å². The average molecular weight is 359 g/mol. The molecular weight excluding hydrogens is 338 g/mol. The fraction of sp³-hybridized carbons (Fsp3) is 0.529. The lowest BCUT2D eigenvalue weighted by Crippen LogP contribution is -2.58. The van der Waals surface area contributed by atoms with E-state index in [0.717, 1.165) is 6.07 Å². The molecule has 0 aliphatic carbocycles. The highest BCUT2D eigenvalue weighted by Crippen LogP contribution is 2.47. The molecule has 1 aliphatic rings. The first kappa shape index (κ1) is 19.2. The quantitative estimate of drug-likeness (QED) is 0.842. The number of carbonyl (C=O) groups is 1. The van der Waals surface area contributed by atoms with Crippen molar-refractivity contribution in [2.45, 2.75) is 45.3 Å². The predicted molar refractivity (Wildman–Crippen MR) is 86.3 cm³/mol. The number of aryl methyl sites for hydroxylation is 1. The van der Waals surface area contributed by atoms with Crippen LogP contribution in [-0.2, 0) is 16.8 Å². The maximum Gasteiger partial charge on any atom is 0.389 e. The Kier molecular flexibility index (Phi) is 4.61. The number of nitrogens with zero attached hydrogens (tertiary/aromatic N) is 2. The van der Waals surface area contributed by atoms with E-state index < -0.39 is 29.4 Å². The number of amides is 1. The van der Waals surface area contributed by atoms with E-state index in [0.29, 0.717) is 5.56 Å². The fourth-order valence-electron chi connectivity index (χ4n) is 2.96. The Hall–Kier alpha value is -2.12. The summed E-state index contributed by atoms with van der Waals surface area (Å²) in [6.45, 7) is 4.80. The number of hydrogen-bond donors (Lipinski definition) is 1. The number of hydrogen-bond acceptors (Lipinski definition) is 3. The van der Waals surface area contributed by atoms with Crippen LogP contribution in [0.3, 0.4) is 0 Å². The van der Waals surface area contributed by atoms with Crippen molar-refractivity contribution >= 4 is 11.9 Å². The third-order valence-electron chi connectivity index (χ3n) is 4.99. The normalized spacial score (nSPS) is 23.6. The van der Waals surface area contributed by atoms with Crippen molar-refractivity contribution < 1.29 is 22.4 Å². The van der Waals surface area contributed by atoms with Crippen molar-refractivity contribution in [1.82, 2.24) is 4.90 Å². The molecule has 0 unspecified atom stereocenters. The third kappa shape index (κ3) is 3.34. The topological polar surface area (TPSA) is 58.7 Å². The van der Waals surface area contributed by atoms with Gasteiger partial charge in [0, 0.05) is 19.0 Å². The van der Waals surface area contributed by atoms with Crippen LogP contribution in [0.15, 0.2) is 23.2 Å². The van der Waals surface area contributed by atoms with E-state index in [-0.39, 0.29) is 23.9 Å². The molecule has 0 saturated heterocycles. The predicted octanol–water partition coefficient (Wildman–Crippen LogP) is 3.35. The van der Waals surface area contributed by atoms with Gasteiger partial charge >= 0.3 is 6.18 Å². The Balaban J connectivity index is 2.54. The summed E-state index contributed by atoms with van der Waals surface area (Å²) in [7, 11) is 1.47. The Morgan fingerprint density at radius 3 is 2.40 bits per heavy atom. The molecular formula is C17H21F4N3O. The van der Waals surface area contributed by atoms with E-state index in [1.165, 1.54) is 24.1 Å². The van der Waals surface area contributed by atoms with Crippen LogP contribution in [0.25, 0.3) is 0 Å². The molecule has 138 valence electrons. The highest BCUT2D eigenvalue weighted by atomic mass is 19.4. The molecule has 1 aromatic carbocycles. The summed E-state index contributed by atoms with van der Waals surface area (Å²) in [6.07, 6.45) is -5.59. The number of aliphatic imine (C=N–C) groups is 1. The SMILES string of the molecule is CN1C(=O)C(C)(C)[C@@](C)(c2cc(CCC(F)(F)F)ccc2F)N=C1N. The minimum Gasteiger partial charge on any atom is -0.369 e. The van der Waals surface area contributed by atoms with Gasteiger partial charge in [0.2, 0.25) is 5.91 Å². The molecule has 1 aromatic rings. The van der Waals surface area contributed by atoms with E-state index >= 15 is 0 Å². The monoisotopic (exact) mass is 359 g/mol. The number of halogens is 4. The van der Waals surface area contributed by atoms with Gasteiger partial charge in [0.15, 0.2) is 5.96 Å². The molecule has 1 amide bonds. The zero-order valence-corrected chi connectivity index (χ0v) is 14.5. The van der Waals surface area contributed by atoms with Gasteiger partial charge in [0.05, 0.1) is 5.41 Å². The molecule has 2 rings (SSSR count). The Bertz CT molecular complexity index is 727. The number of alkyl halides is 3. The van der Waals surface area contributed by atoms with Gasteiger partial charge in [-0.1, -0.05) is 12.1 Å². The molecule has 2 N–H and O–H groups in total. The summed E-state index contributed by atoms with van der Waals surface area (Å²) in [5.41, 5.74) is 3.71. The van der Waals surface area contributed by atoms with Crippen molar-refractivity contribution in [2.75, 3.05) is 7.05 Å². The molecule has 0 aromatic heterocycles. The number of benzene rings is 1. The van der Waals surface area contributed by atoms with Crippen LogP contribution in [0, 0.1) is 11.2 Å². The largest absolute Gasteiger partial charge is 0.389 e.